The minimum atomic E-state index is -4.53. The number of carbonyl (C=O) groups is 2. The number of carboxylic acids is 1. The van der Waals surface area contributed by atoms with Crippen LogP contribution < -0.4 is 0 Å². The molecule has 1 aromatic rings. The van der Waals surface area contributed by atoms with Crippen LogP contribution in [0.5, 0.6) is 0 Å². The molecule has 1 N–H and O–H groups in total. The predicted octanol–water partition coefficient (Wildman–Crippen LogP) is 1.87. The van der Waals surface area contributed by atoms with Gasteiger partial charge in [0.15, 0.2) is 6.29 Å². The molecule has 0 aromatic carbocycles. The maximum atomic E-state index is 12.1. The fourth-order valence-electron chi connectivity index (χ4n) is 1.40. The SMILES string of the molecule is Cc1c(C=O)cn(CC(F)(F)F)c1C(=O)O. The largest absolute Gasteiger partial charge is 0.477 e. The first-order valence-corrected chi connectivity index (χ1v) is 4.21. The van der Waals surface area contributed by atoms with Gasteiger partial charge in [0.1, 0.15) is 12.2 Å². The molecule has 1 heterocycles. The van der Waals surface area contributed by atoms with Crippen molar-refractivity contribution < 1.29 is 27.9 Å². The van der Waals surface area contributed by atoms with Gasteiger partial charge in [-0.15, -0.1) is 0 Å². The summed E-state index contributed by atoms with van der Waals surface area (Å²) in [7, 11) is 0. The van der Waals surface area contributed by atoms with Gasteiger partial charge in [0.2, 0.25) is 0 Å². The number of alkyl halides is 3. The summed E-state index contributed by atoms with van der Waals surface area (Å²) in [5.41, 5.74) is -0.534. The van der Waals surface area contributed by atoms with E-state index in [4.69, 9.17) is 5.11 Å². The van der Waals surface area contributed by atoms with Crippen LogP contribution in [-0.2, 0) is 6.54 Å². The Morgan fingerprint density at radius 2 is 2.12 bits per heavy atom. The lowest BCUT2D eigenvalue weighted by molar-refractivity contribution is -0.140. The maximum absolute atomic E-state index is 12.1. The average molecular weight is 235 g/mol. The highest BCUT2D eigenvalue weighted by Gasteiger charge is 2.31. The third-order valence-electron chi connectivity index (χ3n) is 2.05. The molecule has 0 radical (unpaired) electrons. The van der Waals surface area contributed by atoms with Crippen molar-refractivity contribution in [3.8, 4) is 0 Å². The second-order valence-corrected chi connectivity index (χ2v) is 3.22. The molecular weight excluding hydrogens is 227 g/mol. The molecule has 1 rings (SSSR count). The summed E-state index contributed by atoms with van der Waals surface area (Å²) in [6.45, 7) is -0.136. The normalized spacial score (nSPS) is 11.5. The van der Waals surface area contributed by atoms with Crippen LogP contribution in [0.2, 0.25) is 0 Å². The van der Waals surface area contributed by atoms with Crippen molar-refractivity contribution in [2.75, 3.05) is 0 Å². The van der Waals surface area contributed by atoms with Crippen LogP contribution in [0.25, 0.3) is 0 Å². The topological polar surface area (TPSA) is 59.3 Å². The molecule has 0 saturated carbocycles. The number of hydrogen-bond donors (Lipinski definition) is 1. The predicted molar refractivity (Wildman–Crippen MR) is 47.6 cm³/mol. The van der Waals surface area contributed by atoms with Gasteiger partial charge < -0.3 is 9.67 Å². The van der Waals surface area contributed by atoms with Gasteiger partial charge in [-0.2, -0.15) is 13.2 Å². The summed E-state index contributed by atoms with van der Waals surface area (Å²) in [4.78, 5) is 21.2. The van der Waals surface area contributed by atoms with Gasteiger partial charge in [0, 0.05) is 11.8 Å². The van der Waals surface area contributed by atoms with E-state index in [1.807, 2.05) is 0 Å². The lowest BCUT2D eigenvalue weighted by Gasteiger charge is -2.09. The summed E-state index contributed by atoms with van der Waals surface area (Å²) < 4.78 is 36.9. The third kappa shape index (κ3) is 2.41. The molecule has 0 unspecified atom stereocenters. The lowest BCUT2D eigenvalue weighted by atomic mass is 10.2. The number of rotatable bonds is 3. The van der Waals surface area contributed by atoms with Crippen LogP contribution in [0.15, 0.2) is 6.20 Å². The molecule has 88 valence electrons. The number of carboxylic acid groups (broad SMARTS) is 1. The molecule has 0 aliphatic carbocycles. The highest BCUT2D eigenvalue weighted by atomic mass is 19.4. The molecule has 4 nitrogen and oxygen atoms in total. The van der Waals surface area contributed by atoms with Crippen LogP contribution in [-0.4, -0.2) is 28.1 Å². The summed E-state index contributed by atoms with van der Waals surface area (Å²) in [6.07, 6.45) is -3.32. The Hall–Kier alpha value is -1.79. The van der Waals surface area contributed by atoms with Gasteiger partial charge in [-0.25, -0.2) is 4.79 Å². The van der Waals surface area contributed by atoms with Gasteiger partial charge in [0.25, 0.3) is 0 Å². The number of aldehydes is 1. The van der Waals surface area contributed by atoms with Gasteiger partial charge in [0.05, 0.1) is 0 Å². The van der Waals surface area contributed by atoms with Crippen LogP contribution >= 0.6 is 0 Å². The van der Waals surface area contributed by atoms with E-state index in [0.29, 0.717) is 10.9 Å². The number of aromatic nitrogens is 1. The number of carbonyl (C=O) groups excluding carboxylic acids is 1. The second kappa shape index (κ2) is 3.99. The van der Waals surface area contributed by atoms with Gasteiger partial charge in [-0.1, -0.05) is 0 Å². The van der Waals surface area contributed by atoms with E-state index in [0.717, 1.165) is 6.20 Å². The fourth-order valence-corrected chi connectivity index (χ4v) is 1.40. The number of aromatic carboxylic acids is 1. The average Bonchev–Trinajstić information content (AvgIpc) is 2.39. The maximum Gasteiger partial charge on any atom is 0.406 e. The van der Waals surface area contributed by atoms with Crippen LogP contribution in [0, 0.1) is 6.92 Å². The van der Waals surface area contributed by atoms with Crippen molar-refractivity contribution in [3.05, 3.63) is 23.0 Å². The minimum Gasteiger partial charge on any atom is -0.477 e. The highest BCUT2D eigenvalue weighted by molar-refractivity contribution is 5.91. The third-order valence-corrected chi connectivity index (χ3v) is 2.05. The van der Waals surface area contributed by atoms with E-state index in [2.05, 4.69) is 0 Å². The molecule has 0 bridgehead atoms. The summed E-state index contributed by atoms with van der Waals surface area (Å²) in [6, 6.07) is 0. The van der Waals surface area contributed by atoms with E-state index in [9.17, 15) is 22.8 Å². The molecule has 0 saturated heterocycles. The second-order valence-electron chi connectivity index (χ2n) is 3.22. The Kier molecular flexibility index (Phi) is 3.06. The van der Waals surface area contributed by atoms with Crippen molar-refractivity contribution in [2.45, 2.75) is 19.6 Å². The summed E-state index contributed by atoms with van der Waals surface area (Å²) in [5, 5.41) is 8.75. The molecule has 16 heavy (non-hydrogen) atoms. The monoisotopic (exact) mass is 235 g/mol. The smallest absolute Gasteiger partial charge is 0.406 e. The van der Waals surface area contributed by atoms with Crippen LogP contribution in [0.1, 0.15) is 26.4 Å². The Bertz CT molecular complexity index is 434. The molecule has 0 fully saturated rings. The molecule has 0 aliphatic heterocycles. The Balaban J connectivity index is 3.27. The lowest BCUT2D eigenvalue weighted by Crippen LogP contribution is -2.20. The minimum absolute atomic E-state index is 0.0340. The molecule has 7 heteroatoms. The number of halogens is 3. The molecule has 0 amide bonds. The standard InChI is InChI=1S/C9H8F3NO3/c1-5-6(3-14)2-13(4-9(10,11)12)7(5)8(15)16/h2-3H,4H2,1H3,(H,15,16). The Morgan fingerprint density at radius 3 is 2.50 bits per heavy atom. The van der Waals surface area contributed by atoms with Crippen molar-refractivity contribution in [2.24, 2.45) is 0 Å². The summed E-state index contributed by atoms with van der Waals surface area (Å²) >= 11 is 0. The first-order valence-electron chi connectivity index (χ1n) is 4.21. The quantitative estimate of drug-likeness (QED) is 0.813. The first-order chi connectivity index (χ1) is 7.26. The van der Waals surface area contributed by atoms with E-state index in [-0.39, 0.29) is 11.1 Å². The highest BCUT2D eigenvalue weighted by Crippen LogP contribution is 2.22. The Morgan fingerprint density at radius 1 is 1.56 bits per heavy atom. The zero-order chi connectivity index (χ0) is 12.5. The fraction of sp³-hybridized carbons (Fsp3) is 0.333. The van der Waals surface area contributed by atoms with E-state index < -0.39 is 24.4 Å². The van der Waals surface area contributed by atoms with Crippen molar-refractivity contribution in [1.29, 1.82) is 0 Å². The van der Waals surface area contributed by atoms with E-state index in [1.165, 1.54) is 6.92 Å². The van der Waals surface area contributed by atoms with Gasteiger partial charge in [-0.3, -0.25) is 4.79 Å². The number of nitrogens with zero attached hydrogens (tertiary/aromatic N) is 1. The van der Waals surface area contributed by atoms with Crippen LogP contribution in [0.4, 0.5) is 13.2 Å². The molecule has 0 atom stereocenters. The molecule has 1 aromatic heterocycles. The first kappa shape index (κ1) is 12.3. The summed E-state index contributed by atoms with van der Waals surface area (Å²) in [5.74, 6) is -1.49. The van der Waals surface area contributed by atoms with Gasteiger partial charge in [-0.05, 0) is 12.5 Å². The molecule has 0 aliphatic rings. The van der Waals surface area contributed by atoms with Crippen molar-refractivity contribution in [1.82, 2.24) is 4.57 Å². The van der Waals surface area contributed by atoms with Crippen molar-refractivity contribution in [3.63, 3.8) is 0 Å². The Labute approximate surface area is 88.3 Å². The van der Waals surface area contributed by atoms with Crippen LogP contribution in [0.3, 0.4) is 0 Å². The molecule has 0 spiro atoms. The van der Waals surface area contributed by atoms with Gasteiger partial charge >= 0.3 is 12.1 Å². The molecular formula is C9H8F3NO3. The van der Waals surface area contributed by atoms with E-state index >= 15 is 0 Å². The zero-order valence-electron chi connectivity index (χ0n) is 8.21. The number of hydrogen-bond acceptors (Lipinski definition) is 2. The van der Waals surface area contributed by atoms with E-state index in [1.54, 1.807) is 0 Å². The zero-order valence-corrected chi connectivity index (χ0v) is 8.21. The van der Waals surface area contributed by atoms with Crippen molar-refractivity contribution >= 4 is 12.3 Å².